The Morgan fingerprint density at radius 1 is 1.05 bits per heavy atom. The molecule has 21 heavy (non-hydrogen) atoms. The fourth-order valence-corrected chi connectivity index (χ4v) is 4.01. The average Bonchev–Trinajstić information content (AvgIpc) is 2.38. The number of rotatable bonds is 2. The molecule has 2 saturated carbocycles. The van der Waals surface area contributed by atoms with Gasteiger partial charge in [0.25, 0.3) is 0 Å². The van der Waals surface area contributed by atoms with E-state index in [1.165, 1.54) is 0 Å². The number of hydrogen-bond acceptors (Lipinski definition) is 3. The lowest BCUT2D eigenvalue weighted by molar-refractivity contribution is -0.165. The molecule has 2 N–H and O–H groups in total. The molecule has 0 saturated heterocycles. The SMILES string of the molecule is CC1C(N)CCC(C(=O)OC2CCC(C)(C)CC2)C1(C)C. The van der Waals surface area contributed by atoms with Crippen LogP contribution in [0, 0.1) is 22.7 Å². The van der Waals surface area contributed by atoms with Crippen LogP contribution < -0.4 is 5.73 Å². The highest BCUT2D eigenvalue weighted by Crippen LogP contribution is 2.45. The van der Waals surface area contributed by atoms with Gasteiger partial charge in [0.2, 0.25) is 0 Å². The summed E-state index contributed by atoms with van der Waals surface area (Å²) in [6.45, 7) is 11.1. The maximum atomic E-state index is 12.6. The molecule has 122 valence electrons. The van der Waals surface area contributed by atoms with Crippen molar-refractivity contribution >= 4 is 5.97 Å². The zero-order chi connectivity index (χ0) is 15.8. The van der Waals surface area contributed by atoms with Crippen molar-refractivity contribution in [2.45, 2.75) is 85.3 Å². The lowest BCUT2D eigenvalue weighted by Gasteiger charge is -2.46. The van der Waals surface area contributed by atoms with Gasteiger partial charge in [-0.25, -0.2) is 0 Å². The second-order valence-corrected chi connectivity index (χ2v) is 8.70. The van der Waals surface area contributed by atoms with Gasteiger partial charge in [-0.2, -0.15) is 0 Å². The summed E-state index contributed by atoms with van der Waals surface area (Å²) in [4.78, 5) is 12.6. The molecule has 0 amide bonds. The van der Waals surface area contributed by atoms with Crippen LogP contribution in [0.3, 0.4) is 0 Å². The first-order valence-corrected chi connectivity index (χ1v) is 8.59. The van der Waals surface area contributed by atoms with Gasteiger partial charge in [0, 0.05) is 6.04 Å². The molecule has 3 atom stereocenters. The van der Waals surface area contributed by atoms with Crippen molar-refractivity contribution in [2.75, 3.05) is 0 Å². The van der Waals surface area contributed by atoms with E-state index in [-0.39, 0.29) is 29.4 Å². The van der Waals surface area contributed by atoms with Crippen molar-refractivity contribution in [3.8, 4) is 0 Å². The van der Waals surface area contributed by atoms with Crippen molar-refractivity contribution in [3.05, 3.63) is 0 Å². The third-order valence-corrected chi connectivity index (χ3v) is 6.36. The Kier molecular flexibility index (Phi) is 4.72. The minimum Gasteiger partial charge on any atom is -0.462 e. The van der Waals surface area contributed by atoms with Crippen LogP contribution in [-0.2, 0) is 9.53 Å². The first-order chi connectivity index (χ1) is 9.63. The minimum atomic E-state index is -0.0668. The van der Waals surface area contributed by atoms with E-state index in [0.717, 1.165) is 38.5 Å². The highest BCUT2D eigenvalue weighted by Gasteiger charge is 2.46. The summed E-state index contributed by atoms with van der Waals surface area (Å²) in [6.07, 6.45) is 6.27. The molecule has 0 aromatic carbocycles. The van der Waals surface area contributed by atoms with Gasteiger partial charge in [0.1, 0.15) is 6.10 Å². The molecule has 0 aliphatic heterocycles. The summed E-state index contributed by atoms with van der Waals surface area (Å²) in [5.41, 5.74) is 6.52. The quantitative estimate of drug-likeness (QED) is 0.786. The Labute approximate surface area is 130 Å². The molecule has 2 aliphatic carbocycles. The van der Waals surface area contributed by atoms with E-state index in [1.54, 1.807) is 0 Å². The Morgan fingerprint density at radius 3 is 2.19 bits per heavy atom. The van der Waals surface area contributed by atoms with Crippen molar-refractivity contribution in [1.29, 1.82) is 0 Å². The summed E-state index contributed by atoms with van der Waals surface area (Å²) in [7, 11) is 0. The Bertz CT molecular complexity index is 379. The molecule has 0 aromatic heterocycles. The molecule has 3 nitrogen and oxygen atoms in total. The molecular formula is C18H33NO2. The zero-order valence-corrected chi connectivity index (χ0v) is 14.4. The van der Waals surface area contributed by atoms with E-state index < -0.39 is 0 Å². The summed E-state index contributed by atoms with van der Waals surface area (Å²) in [5, 5.41) is 0. The maximum absolute atomic E-state index is 12.6. The van der Waals surface area contributed by atoms with Crippen LogP contribution in [0.1, 0.15) is 73.1 Å². The Balaban J connectivity index is 1.94. The van der Waals surface area contributed by atoms with Crippen LogP contribution in [0.25, 0.3) is 0 Å². The zero-order valence-electron chi connectivity index (χ0n) is 14.4. The molecule has 3 heteroatoms. The van der Waals surface area contributed by atoms with Crippen LogP contribution in [-0.4, -0.2) is 18.1 Å². The van der Waals surface area contributed by atoms with Gasteiger partial charge in [-0.05, 0) is 55.3 Å². The van der Waals surface area contributed by atoms with E-state index in [9.17, 15) is 4.79 Å². The van der Waals surface area contributed by atoms with Crippen LogP contribution in [0.2, 0.25) is 0 Å². The fraction of sp³-hybridized carbons (Fsp3) is 0.944. The monoisotopic (exact) mass is 295 g/mol. The summed E-state index contributed by atoms with van der Waals surface area (Å²) in [6, 6.07) is 0.208. The number of ether oxygens (including phenoxy) is 1. The van der Waals surface area contributed by atoms with Crippen LogP contribution >= 0.6 is 0 Å². The predicted molar refractivity (Wildman–Crippen MR) is 85.8 cm³/mol. The lowest BCUT2D eigenvalue weighted by Crippen LogP contribution is -2.50. The number of hydrogen-bond donors (Lipinski definition) is 1. The third-order valence-electron chi connectivity index (χ3n) is 6.36. The number of nitrogens with two attached hydrogens (primary N) is 1. The van der Waals surface area contributed by atoms with Gasteiger partial charge in [0.15, 0.2) is 0 Å². The molecule has 2 aliphatic rings. The Morgan fingerprint density at radius 2 is 1.62 bits per heavy atom. The van der Waals surface area contributed by atoms with E-state index >= 15 is 0 Å². The first-order valence-electron chi connectivity index (χ1n) is 8.59. The predicted octanol–water partition coefficient (Wildman–Crippen LogP) is 3.90. The standard InChI is InChI=1S/C18H33NO2/c1-12-15(19)7-6-14(18(12,4)5)16(20)21-13-8-10-17(2,3)11-9-13/h12-15H,6-11,19H2,1-5H3. The molecule has 2 fully saturated rings. The number of carbonyl (C=O) groups is 1. The van der Waals surface area contributed by atoms with Gasteiger partial charge < -0.3 is 10.5 Å². The van der Waals surface area contributed by atoms with Gasteiger partial charge in [0.05, 0.1) is 5.92 Å². The van der Waals surface area contributed by atoms with Crippen LogP contribution in [0.4, 0.5) is 0 Å². The number of carbonyl (C=O) groups excluding carboxylic acids is 1. The van der Waals surface area contributed by atoms with E-state index in [2.05, 4.69) is 34.6 Å². The molecule has 0 heterocycles. The fourth-order valence-electron chi connectivity index (χ4n) is 4.01. The maximum Gasteiger partial charge on any atom is 0.309 e. The largest absolute Gasteiger partial charge is 0.462 e. The third kappa shape index (κ3) is 3.61. The molecule has 0 radical (unpaired) electrons. The second-order valence-electron chi connectivity index (χ2n) is 8.70. The molecule has 0 spiro atoms. The summed E-state index contributed by atoms with van der Waals surface area (Å²) >= 11 is 0. The summed E-state index contributed by atoms with van der Waals surface area (Å²) in [5.74, 6) is 0.375. The first kappa shape index (κ1) is 16.8. The van der Waals surface area contributed by atoms with E-state index in [1.807, 2.05) is 0 Å². The molecular weight excluding hydrogens is 262 g/mol. The Hall–Kier alpha value is -0.570. The van der Waals surface area contributed by atoms with E-state index in [0.29, 0.717) is 11.3 Å². The normalized spacial score (nSPS) is 36.2. The van der Waals surface area contributed by atoms with Gasteiger partial charge in [-0.15, -0.1) is 0 Å². The van der Waals surface area contributed by atoms with Gasteiger partial charge >= 0.3 is 5.97 Å². The molecule has 2 rings (SSSR count). The summed E-state index contributed by atoms with van der Waals surface area (Å²) < 4.78 is 5.86. The van der Waals surface area contributed by atoms with Crippen molar-refractivity contribution in [3.63, 3.8) is 0 Å². The lowest BCUT2D eigenvalue weighted by atomic mass is 9.61. The smallest absolute Gasteiger partial charge is 0.309 e. The van der Waals surface area contributed by atoms with Crippen molar-refractivity contribution < 1.29 is 9.53 Å². The molecule has 3 unspecified atom stereocenters. The van der Waals surface area contributed by atoms with E-state index in [4.69, 9.17) is 10.5 Å². The minimum absolute atomic E-state index is 0.00207. The van der Waals surface area contributed by atoms with Gasteiger partial charge in [-0.1, -0.05) is 34.6 Å². The highest BCUT2D eigenvalue weighted by atomic mass is 16.5. The second kappa shape index (κ2) is 5.91. The number of esters is 1. The van der Waals surface area contributed by atoms with Gasteiger partial charge in [-0.3, -0.25) is 4.79 Å². The highest BCUT2D eigenvalue weighted by molar-refractivity contribution is 5.73. The van der Waals surface area contributed by atoms with Crippen LogP contribution in [0.5, 0.6) is 0 Å². The molecule has 0 bridgehead atoms. The molecule has 0 aromatic rings. The average molecular weight is 295 g/mol. The van der Waals surface area contributed by atoms with Crippen molar-refractivity contribution in [2.24, 2.45) is 28.4 Å². The topological polar surface area (TPSA) is 52.3 Å². The van der Waals surface area contributed by atoms with Crippen LogP contribution in [0.15, 0.2) is 0 Å². The van der Waals surface area contributed by atoms with Crippen molar-refractivity contribution in [1.82, 2.24) is 0 Å².